The third-order valence-electron chi connectivity index (χ3n) is 3.91. The summed E-state index contributed by atoms with van der Waals surface area (Å²) in [5.41, 5.74) is 0.956. The molecule has 1 aliphatic heterocycles. The second kappa shape index (κ2) is 5.21. The van der Waals surface area contributed by atoms with E-state index in [4.69, 9.17) is 9.57 Å². The smallest absolute Gasteiger partial charge is 0.193 e. The molecule has 0 saturated heterocycles. The summed E-state index contributed by atoms with van der Waals surface area (Å²) < 4.78 is 5.21. The van der Waals surface area contributed by atoms with Crippen LogP contribution >= 0.6 is 0 Å². The number of carbonyl (C=O) groups excluding carboxylic acids is 1. The van der Waals surface area contributed by atoms with Crippen molar-refractivity contribution >= 4 is 11.5 Å². The number of hydrogen-bond acceptors (Lipinski definition) is 4. The first-order chi connectivity index (χ1) is 9.14. The summed E-state index contributed by atoms with van der Waals surface area (Å²) in [5, 5.41) is 1.80. The molecule has 0 unspecified atom stereocenters. The highest BCUT2D eigenvalue weighted by atomic mass is 16.7. The number of fused-ring (bicyclic) bond motifs is 1. The van der Waals surface area contributed by atoms with Crippen molar-refractivity contribution in [1.82, 2.24) is 0 Å². The molecule has 4 nitrogen and oxygen atoms in total. The van der Waals surface area contributed by atoms with Gasteiger partial charge in [-0.3, -0.25) is 9.63 Å². The lowest BCUT2D eigenvalue weighted by Crippen LogP contribution is -2.49. The van der Waals surface area contributed by atoms with Crippen LogP contribution in [0.25, 0.3) is 0 Å². The largest absolute Gasteiger partial charge is 0.497 e. The lowest BCUT2D eigenvalue weighted by atomic mass is 9.88. The molecule has 1 heterocycles. The van der Waals surface area contributed by atoms with E-state index in [0.717, 1.165) is 18.5 Å². The Labute approximate surface area is 114 Å². The van der Waals surface area contributed by atoms with Gasteiger partial charge in [-0.05, 0) is 38.0 Å². The van der Waals surface area contributed by atoms with Gasteiger partial charge in [0.1, 0.15) is 11.3 Å². The molecule has 0 radical (unpaired) electrons. The van der Waals surface area contributed by atoms with Crippen LogP contribution in [0, 0.1) is 0 Å². The fourth-order valence-corrected chi connectivity index (χ4v) is 2.76. The highest BCUT2D eigenvalue weighted by Gasteiger charge is 2.50. The van der Waals surface area contributed by atoms with Gasteiger partial charge in [0.2, 0.25) is 0 Å². The second-order valence-electron chi connectivity index (χ2n) is 4.66. The van der Waals surface area contributed by atoms with Crippen LogP contribution in [0.2, 0.25) is 0 Å². The number of ketones is 1. The minimum atomic E-state index is -0.579. The zero-order valence-electron chi connectivity index (χ0n) is 12.0. The maximum atomic E-state index is 12.8. The molecule has 0 fully saturated rings. The average molecular weight is 263 g/mol. The van der Waals surface area contributed by atoms with Gasteiger partial charge in [-0.2, -0.15) is 0 Å². The second-order valence-corrected chi connectivity index (χ2v) is 4.66. The standard InChI is InChI=1S/C15H21NO3/c1-5-15(6-2)14(17)12-10-11(18-4)8-9-13(12)16(15)19-7-3/h8-10H,5-7H2,1-4H3. The van der Waals surface area contributed by atoms with E-state index in [1.807, 2.05) is 32.9 Å². The summed E-state index contributed by atoms with van der Waals surface area (Å²) >= 11 is 0. The highest BCUT2D eigenvalue weighted by Crippen LogP contribution is 2.44. The molecule has 104 valence electrons. The van der Waals surface area contributed by atoms with Crippen molar-refractivity contribution in [2.45, 2.75) is 39.2 Å². The number of benzene rings is 1. The summed E-state index contributed by atoms with van der Waals surface area (Å²) in [6, 6.07) is 5.56. The van der Waals surface area contributed by atoms with Gasteiger partial charge in [0.25, 0.3) is 0 Å². The van der Waals surface area contributed by atoms with E-state index in [1.165, 1.54) is 0 Å². The van der Waals surface area contributed by atoms with Gasteiger partial charge in [-0.1, -0.05) is 13.8 Å². The van der Waals surface area contributed by atoms with E-state index >= 15 is 0 Å². The van der Waals surface area contributed by atoms with E-state index in [2.05, 4.69) is 0 Å². The van der Waals surface area contributed by atoms with Crippen molar-refractivity contribution in [3.8, 4) is 5.75 Å². The Kier molecular flexibility index (Phi) is 3.80. The maximum absolute atomic E-state index is 12.8. The van der Waals surface area contributed by atoms with Crippen molar-refractivity contribution in [1.29, 1.82) is 0 Å². The molecule has 0 aromatic heterocycles. The van der Waals surface area contributed by atoms with Gasteiger partial charge in [0.15, 0.2) is 5.78 Å². The van der Waals surface area contributed by atoms with Crippen LogP contribution in [0.5, 0.6) is 5.75 Å². The molecule has 1 aromatic carbocycles. The Bertz CT molecular complexity index is 480. The number of rotatable bonds is 5. The highest BCUT2D eigenvalue weighted by molar-refractivity contribution is 6.13. The van der Waals surface area contributed by atoms with Crippen LogP contribution in [0.3, 0.4) is 0 Å². The summed E-state index contributed by atoms with van der Waals surface area (Å²) in [7, 11) is 1.61. The Morgan fingerprint density at radius 3 is 2.42 bits per heavy atom. The molecule has 0 saturated carbocycles. The lowest BCUT2D eigenvalue weighted by Gasteiger charge is -2.35. The van der Waals surface area contributed by atoms with Crippen molar-refractivity contribution in [2.75, 3.05) is 18.8 Å². The molecular weight excluding hydrogens is 242 g/mol. The number of anilines is 1. The fourth-order valence-electron chi connectivity index (χ4n) is 2.76. The first-order valence-corrected chi connectivity index (χ1v) is 6.80. The topological polar surface area (TPSA) is 38.8 Å². The Balaban J connectivity index is 2.55. The molecule has 1 aromatic rings. The third-order valence-corrected chi connectivity index (χ3v) is 3.91. The van der Waals surface area contributed by atoms with Gasteiger partial charge < -0.3 is 4.74 Å². The number of hydroxylamine groups is 1. The number of nitrogens with zero attached hydrogens (tertiary/aromatic N) is 1. The average Bonchev–Trinajstić information content (AvgIpc) is 2.69. The van der Waals surface area contributed by atoms with Crippen molar-refractivity contribution in [2.24, 2.45) is 0 Å². The summed E-state index contributed by atoms with van der Waals surface area (Å²) in [5.74, 6) is 0.825. The van der Waals surface area contributed by atoms with Crippen molar-refractivity contribution < 1.29 is 14.4 Å². The zero-order chi connectivity index (χ0) is 14.0. The van der Waals surface area contributed by atoms with Gasteiger partial charge in [0.05, 0.1) is 19.4 Å². The molecule has 0 spiro atoms. The van der Waals surface area contributed by atoms with E-state index < -0.39 is 5.54 Å². The van der Waals surface area contributed by atoms with Crippen LogP contribution in [0.15, 0.2) is 18.2 Å². The first-order valence-electron chi connectivity index (χ1n) is 6.80. The van der Waals surface area contributed by atoms with Gasteiger partial charge in [-0.25, -0.2) is 5.06 Å². The van der Waals surface area contributed by atoms with E-state index in [0.29, 0.717) is 17.9 Å². The third kappa shape index (κ3) is 1.91. The molecule has 0 bridgehead atoms. The Morgan fingerprint density at radius 2 is 1.89 bits per heavy atom. The minimum absolute atomic E-state index is 0.125. The van der Waals surface area contributed by atoms with E-state index in [9.17, 15) is 4.79 Å². The molecule has 4 heteroatoms. The molecule has 2 rings (SSSR count). The molecule has 19 heavy (non-hydrogen) atoms. The number of Topliss-reactive ketones (excluding diaryl/α,β-unsaturated/α-hetero) is 1. The number of hydrogen-bond donors (Lipinski definition) is 0. The predicted octanol–water partition coefficient (Wildman–Crippen LogP) is 3.21. The SMILES string of the molecule is CCON1c2ccc(OC)cc2C(=O)C1(CC)CC. The van der Waals surface area contributed by atoms with E-state index in [-0.39, 0.29) is 5.78 Å². The molecule has 0 amide bonds. The summed E-state index contributed by atoms with van der Waals surface area (Å²) in [4.78, 5) is 18.5. The minimum Gasteiger partial charge on any atom is -0.497 e. The van der Waals surface area contributed by atoms with Gasteiger partial charge in [-0.15, -0.1) is 0 Å². The Hall–Kier alpha value is -1.55. The summed E-state index contributed by atoms with van der Waals surface area (Å²) in [6.07, 6.45) is 1.44. The van der Waals surface area contributed by atoms with Crippen LogP contribution in [-0.4, -0.2) is 25.0 Å². The van der Waals surface area contributed by atoms with Crippen molar-refractivity contribution in [3.05, 3.63) is 23.8 Å². The maximum Gasteiger partial charge on any atom is 0.193 e. The molecular formula is C15H21NO3. The normalized spacial score (nSPS) is 16.6. The van der Waals surface area contributed by atoms with Gasteiger partial charge in [0, 0.05) is 5.56 Å². The molecule has 0 atom stereocenters. The first kappa shape index (κ1) is 13.9. The molecule has 0 aliphatic carbocycles. The van der Waals surface area contributed by atoms with Gasteiger partial charge >= 0.3 is 0 Å². The molecule has 0 N–H and O–H groups in total. The number of methoxy groups -OCH3 is 1. The summed E-state index contributed by atoms with van der Waals surface area (Å²) in [6.45, 7) is 6.52. The van der Waals surface area contributed by atoms with Crippen LogP contribution < -0.4 is 9.80 Å². The lowest BCUT2D eigenvalue weighted by molar-refractivity contribution is 0.0507. The number of carbonyl (C=O) groups is 1. The zero-order valence-corrected chi connectivity index (χ0v) is 12.0. The quantitative estimate of drug-likeness (QED) is 0.817. The van der Waals surface area contributed by atoms with Crippen LogP contribution in [-0.2, 0) is 4.84 Å². The predicted molar refractivity (Wildman–Crippen MR) is 74.7 cm³/mol. The fraction of sp³-hybridized carbons (Fsp3) is 0.533. The van der Waals surface area contributed by atoms with Crippen LogP contribution in [0.4, 0.5) is 5.69 Å². The van der Waals surface area contributed by atoms with E-state index in [1.54, 1.807) is 18.2 Å². The Morgan fingerprint density at radius 1 is 1.21 bits per heavy atom. The number of ether oxygens (including phenoxy) is 1. The molecule has 1 aliphatic rings. The monoisotopic (exact) mass is 263 g/mol. The van der Waals surface area contributed by atoms with Crippen molar-refractivity contribution in [3.63, 3.8) is 0 Å². The van der Waals surface area contributed by atoms with Crippen LogP contribution in [0.1, 0.15) is 44.0 Å².